The third-order valence-electron chi connectivity index (χ3n) is 5.22. The van der Waals surface area contributed by atoms with Crippen molar-refractivity contribution in [2.24, 2.45) is 0 Å². The lowest BCUT2D eigenvalue weighted by Gasteiger charge is -2.37. The fourth-order valence-corrected chi connectivity index (χ4v) is 3.69. The highest BCUT2D eigenvalue weighted by atomic mass is 16.5. The Kier molecular flexibility index (Phi) is 7.08. The number of piperazine rings is 1. The normalized spacial score (nSPS) is 16.6. The van der Waals surface area contributed by atoms with Gasteiger partial charge in [-0.2, -0.15) is 0 Å². The average molecular weight is 404 g/mol. The lowest BCUT2D eigenvalue weighted by molar-refractivity contribution is -0.144. The molecule has 0 spiro atoms. The summed E-state index contributed by atoms with van der Waals surface area (Å²) in [5, 5.41) is 13.6. The Labute approximate surface area is 169 Å². The van der Waals surface area contributed by atoms with Crippen LogP contribution in [0.1, 0.15) is 11.6 Å². The summed E-state index contributed by atoms with van der Waals surface area (Å²) < 4.78 is 10.2. The number of hydrogen-bond donors (Lipinski definition) is 3. The number of carboxylic acid groups (broad SMARTS) is 1. The molecule has 158 valence electrons. The molecule has 1 aromatic heterocycles. The molecule has 0 bridgehead atoms. The van der Waals surface area contributed by atoms with Gasteiger partial charge in [0, 0.05) is 62.5 Å². The lowest BCUT2D eigenvalue weighted by atomic mass is 10.0. The molecule has 0 saturated carbocycles. The van der Waals surface area contributed by atoms with Crippen molar-refractivity contribution in [3.63, 3.8) is 0 Å². The summed E-state index contributed by atoms with van der Waals surface area (Å²) in [4.78, 5) is 31.2. The molecule has 1 aliphatic rings. The van der Waals surface area contributed by atoms with E-state index in [4.69, 9.17) is 9.47 Å². The number of aromatic nitrogens is 1. The molecular weight excluding hydrogens is 376 g/mol. The van der Waals surface area contributed by atoms with Crippen molar-refractivity contribution in [3.8, 4) is 5.75 Å². The lowest BCUT2D eigenvalue weighted by Crippen LogP contribution is -2.51. The van der Waals surface area contributed by atoms with E-state index in [2.05, 4.69) is 10.3 Å². The van der Waals surface area contributed by atoms with Gasteiger partial charge in [-0.25, -0.2) is 0 Å². The number of aromatic amines is 1. The second-order valence-corrected chi connectivity index (χ2v) is 7.05. The van der Waals surface area contributed by atoms with Gasteiger partial charge in [-0.1, -0.05) is 0 Å². The number of hydrogen-bond acceptors (Lipinski definition) is 6. The monoisotopic (exact) mass is 404 g/mol. The van der Waals surface area contributed by atoms with Crippen molar-refractivity contribution in [1.29, 1.82) is 0 Å². The number of H-pyrrole nitrogens is 1. The van der Waals surface area contributed by atoms with Crippen molar-refractivity contribution in [3.05, 3.63) is 30.0 Å². The fraction of sp³-hybridized carbons (Fsp3) is 0.500. The minimum absolute atomic E-state index is 0.0472. The van der Waals surface area contributed by atoms with Crippen LogP contribution in [-0.2, 0) is 14.3 Å². The predicted octanol–water partition coefficient (Wildman–Crippen LogP) is 0.682. The molecule has 1 aromatic carbocycles. The van der Waals surface area contributed by atoms with Gasteiger partial charge in [0.2, 0.25) is 5.91 Å². The summed E-state index contributed by atoms with van der Waals surface area (Å²) in [6.45, 7) is 3.67. The molecule has 1 saturated heterocycles. The maximum absolute atomic E-state index is 12.1. The van der Waals surface area contributed by atoms with E-state index in [0.29, 0.717) is 51.6 Å². The zero-order chi connectivity index (χ0) is 20.8. The number of aliphatic carboxylic acids is 1. The minimum atomic E-state index is -0.889. The number of rotatable bonds is 9. The molecule has 9 heteroatoms. The van der Waals surface area contributed by atoms with Crippen molar-refractivity contribution in [1.82, 2.24) is 20.1 Å². The number of nitrogens with zero attached hydrogens (tertiary/aromatic N) is 2. The van der Waals surface area contributed by atoms with Gasteiger partial charge in [0.05, 0.1) is 20.3 Å². The van der Waals surface area contributed by atoms with Gasteiger partial charge in [0.1, 0.15) is 11.8 Å². The van der Waals surface area contributed by atoms with Crippen LogP contribution < -0.4 is 10.1 Å². The summed E-state index contributed by atoms with van der Waals surface area (Å²) in [5.41, 5.74) is 1.59. The van der Waals surface area contributed by atoms with Crippen molar-refractivity contribution < 1.29 is 24.2 Å². The number of nitrogens with one attached hydrogen (secondary N) is 2. The van der Waals surface area contributed by atoms with Crippen LogP contribution in [0.2, 0.25) is 0 Å². The highest BCUT2D eigenvalue weighted by Gasteiger charge is 2.32. The van der Waals surface area contributed by atoms with Gasteiger partial charge in [0.15, 0.2) is 0 Å². The van der Waals surface area contributed by atoms with Crippen LogP contribution in [0.15, 0.2) is 24.4 Å². The summed E-state index contributed by atoms with van der Waals surface area (Å²) >= 11 is 0. The second-order valence-electron chi connectivity index (χ2n) is 7.05. The van der Waals surface area contributed by atoms with E-state index in [1.165, 1.54) is 0 Å². The number of methoxy groups -OCH3 is 2. The summed E-state index contributed by atoms with van der Waals surface area (Å²) in [5.74, 6) is -0.250. The van der Waals surface area contributed by atoms with E-state index in [0.717, 1.165) is 16.5 Å². The van der Waals surface area contributed by atoms with E-state index >= 15 is 0 Å². The fourth-order valence-electron chi connectivity index (χ4n) is 3.69. The van der Waals surface area contributed by atoms with Crippen LogP contribution in [0.25, 0.3) is 10.9 Å². The Morgan fingerprint density at radius 1 is 1.24 bits per heavy atom. The van der Waals surface area contributed by atoms with Crippen LogP contribution in [0.3, 0.4) is 0 Å². The molecule has 1 aliphatic heterocycles. The quantitative estimate of drug-likeness (QED) is 0.528. The topological polar surface area (TPSA) is 107 Å². The van der Waals surface area contributed by atoms with Crippen LogP contribution in [-0.4, -0.2) is 91.9 Å². The number of amides is 1. The van der Waals surface area contributed by atoms with Gasteiger partial charge in [0.25, 0.3) is 0 Å². The van der Waals surface area contributed by atoms with Gasteiger partial charge in [-0.15, -0.1) is 0 Å². The average Bonchev–Trinajstić information content (AvgIpc) is 3.12. The Morgan fingerprint density at radius 3 is 2.66 bits per heavy atom. The first kappa shape index (κ1) is 21.1. The maximum atomic E-state index is 12.1. The molecule has 3 N–H and O–H groups in total. The molecule has 1 unspecified atom stereocenters. The molecule has 9 nitrogen and oxygen atoms in total. The largest absolute Gasteiger partial charge is 0.497 e. The third-order valence-corrected chi connectivity index (χ3v) is 5.22. The molecule has 2 aromatic rings. The first-order chi connectivity index (χ1) is 14.0. The van der Waals surface area contributed by atoms with Gasteiger partial charge in [-0.3, -0.25) is 19.4 Å². The van der Waals surface area contributed by atoms with E-state index < -0.39 is 12.0 Å². The van der Waals surface area contributed by atoms with E-state index in [1.54, 1.807) is 20.4 Å². The molecule has 29 heavy (non-hydrogen) atoms. The van der Waals surface area contributed by atoms with Gasteiger partial charge in [-0.05, 0) is 18.2 Å². The molecular formula is C20H28N4O5. The smallest absolute Gasteiger partial charge is 0.325 e. The van der Waals surface area contributed by atoms with Crippen LogP contribution in [0.4, 0.5) is 0 Å². The van der Waals surface area contributed by atoms with Crippen LogP contribution in [0.5, 0.6) is 5.75 Å². The number of carbonyl (C=O) groups is 2. The zero-order valence-corrected chi connectivity index (χ0v) is 16.8. The number of benzene rings is 1. The Morgan fingerprint density at radius 2 is 2.00 bits per heavy atom. The Balaban J connectivity index is 1.66. The maximum Gasteiger partial charge on any atom is 0.325 e. The number of carboxylic acids is 1. The number of ether oxygens (including phenoxy) is 2. The highest BCUT2D eigenvalue weighted by Crippen LogP contribution is 2.31. The van der Waals surface area contributed by atoms with Crippen molar-refractivity contribution >= 4 is 22.8 Å². The molecule has 1 atom stereocenters. The van der Waals surface area contributed by atoms with E-state index in [-0.39, 0.29) is 5.91 Å². The minimum Gasteiger partial charge on any atom is -0.497 e. The third kappa shape index (κ3) is 5.06. The van der Waals surface area contributed by atoms with E-state index in [9.17, 15) is 14.7 Å². The van der Waals surface area contributed by atoms with Gasteiger partial charge >= 0.3 is 5.97 Å². The molecule has 0 radical (unpaired) electrons. The molecule has 0 aliphatic carbocycles. The first-order valence-electron chi connectivity index (χ1n) is 9.63. The molecule has 1 amide bonds. The van der Waals surface area contributed by atoms with Crippen molar-refractivity contribution in [2.45, 2.75) is 6.04 Å². The summed E-state index contributed by atoms with van der Waals surface area (Å²) in [7, 11) is 3.18. The molecule has 3 rings (SSSR count). The SMILES string of the molecule is COCCNC(=O)CN1CCN(C(C(=O)O)c2c[nH]c3ccc(OC)cc23)CC1. The standard InChI is InChI=1S/C20H28N4O5/c1-28-10-5-21-18(25)13-23-6-8-24(9-7-23)19(20(26)27)16-12-22-17-4-3-14(29-2)11-15(16)17/h3-4,11-12,19,22H,5-10,13H2,1-2H3,(H,21,25)(H,26,27). The molecule has 2 heterocycles. The van der Waals surface area contributed by atoms with E-state index in [1.807, 2.05) is 28.0 Å². The zero-order valence-electron chi connectivity index (χ0n) is 16.8. The Bertz CT molecular complexity index is 845. The van der Waals surface area contributed by atoms with Gasteiger partial charge < -0.3 is 24.9 Å². The predicted molar refractivity (Wildman–Crippen MR) is 108 cm³/mol. The second kappa shape index (κ2) is 9.73. The summed E-state index contributed by atoms with van der Waals surface area (Å²) in [6.07, 6.45) is 1.76. The number of carbonyl (C=O) groups excluding carboxylic acids is 1. The highest BCUT2D eigenvalue weighted by molar-refractivity contribution is 5.90. The van der Waals surface area contributed by atoms with Crippen molar-refractivity contribution in [2.75, 3.05) is 60.1 Å². The van der Waals surface area contributed by atoms with Crippen LogP contribution >= 0.6 is 0 Å². The summed E-state index contributed by atoms with van der Waals surface area (Å²) in [6, 6.07) is 4.83. The first-order valence-corrected chi connectivity index (χ1v) is 9.63. The Hall–Kier alpha value is -2.62. The molecule has 1 fully saturated rings. The number of fused-ring (bicyclic) bond motifs is 1. The van der Waals surface area contributed by atoms with Crippen LogP contribution in [0, 0.1) is 0 Å².